The molecule has 6 heteroatoms. The van der Waals surface area contributed by atoms with Gasteiger partial charge < -0.3 is 20.7 Å². The maximum Gasteiger partial charge on any atom is 0.319 e. The fourth-order valence-corrected chi connectivity index (χ4v) is 2.40. The molecule has 0 bridgehead atoms. The van der Waals surface area contributed by atoms with E-state index in [2.05, 4.69) is 16.0 Å². The highest BCUT2D eigenvalue weighted by atomic mass is 16.5. The Morgan fingerprint density at radius 2 is 1.80 bits per heavy atom. The van der Waals surface area contributed by atoms with Gasteiger partial charge in [0, 0.05) is 19.2 Å². The zero-order valence-electron chi connectivity index (χ0n) is 14.6. The third kappa shape index (κ3) is 5.53. The Morgan fingerprint density at radius 1 is 1.08 bits per heavy atom. The lowest BCUT2D eigenvalue weighted by Gasteiger charge is -2.15. The van der Waals surface area contributed by atoms with Crippen molar-refractivity contribution in [1.29, 1.82) is 0 Å². The fourth-order valence-electron chi connectivity index (χ4n) is 2.40. The van der Waals surface area contributed by atoms with Crippen molar-refractivity contribution in [3.63, 3.8) is 0 Å². The van der Waals surface area contributed by atoms with Gasteiger partial charge >= 0.3 is 6.03 Å². The van der Waals surface area contributed by atoms with E-state index < -0.39 is 0 Å². The second-order valence-corrected chi connectivity index (χ2v) is 5.74. The predicted octanol–water partition coefficient (Wildman–Crippen LogP) is 3.58. The van der Waals surface area contributed by atoms with Crippen LogP contribution >= 0.6 is 0 Å². The average Bonchev–Trinajstić information content (AvgIpc) is 2.60. The Bertz CT molecular complexity index is 732. The molecule has 0 aliphatic carbocycles. The molecule has 3 N–H and O–H groups in total. The van der Waals surface area contributed by atoms with Crippen molar-refractivity contribution in [3.8, 4) is 5.75 Å². The number of nitrogens with one attached hydrogen (secondary N) is 3. The van der Waals surface area contributed by atoms with Crippen LogP contribution in [0, 0.1) is 0 Å². The number of ether oxygens (including phenoxy) is 1. The normalized spacial score (nSPS) is 11.3. The number of anilines is 2. The molecule has 0 saturated heterocycles. The monoisotopic (exact) mass is 341 g/mol. The smallest absolute Gasteiger partial charge is 0.319 e. The Labute approximate surface area is 147 Å². The van der Waals surface area contributed by atoms with Crippen molar-refractivity contribution in [2.45, 2.75) is 19.8 Å². The molecule has 0 fully saturated rings. The molecule has 2 rings (SSSR count). The second kappa shape index (κ2) is 8.73. The molecule has 0 aromatic heterocycles. The number of methoxy groups -OCH3 is 1. The summed E-state index contributed by atoms with van der Waals surface area (Å²) in [5.74, 6) is 0.525. The summed E-state index contributed by atoms with van der Waals surface area (Å²) in [6.45, 7) is 3.98. The summed E-state index contributed by atoms with van der Waals surface area (Å²) in [6, 6.07) is 14.7. The van der Waals surface area contributed by atoms with Gasteiger partial charge in [-0.15, -0.1) is 0 Å². The molecule has 0 spiro atoms. The maximum absolute atomic E-state index is 12.2. The SMILES string of the molecule is COc1ccc(NC(C)=O)cc1NC(=O)NC[C@@H](C)c1ccccc1. The number of carbonyl (C=O) groups is 2. The molecule has 0 radical (unpaired) electrons. The van der Waals surface area contributed by atoms with E-state index in [0.717, 1.165) is 5.56 Å². The quantitative estimate of drug-likeness (QED) is 0.751. The molecule has 0 aliphatic heterocycles. The summed E-state index contributed by atoms with van der Waals surface area (Å²) in [6.07, 6.45) is 0. The topological polar surface area (TPSA) is 79.5 Å². The minimum Gasteiger partial charge on any atom is -0.495 e. The highest BCUT2D eigenvalue weighted by Crippen LogP contribution is 2.27. The summed E-state index contributed by atoms with van der Waals surface area (Å²) < 4.78 is 5.25. The number of rotatable bonds is 6. The molecule has 2 aromatic rings. The Balaban J connectivity index is 1.98. The van der Waals surface area contributed by atoms with Crippen molar-refractivity contribution >= 4 is 23.3 Å². The third-order valence-electron chi connectivity index (χ3n) is 3.71. The molecule has 0 saturated carbocycles. The lowest BCUT2D eigenvalue weighted by atomic mass is 10.0. The van der Waals surface area contributed by atoms with Gasteiger partial charge in [-0.05, 0) is 29.7 Å². The van der Waals surface area contributed by atoms with E-state index in [1.54, 1.807) is 18.2 Å². The Hall–Kier alpha value is -3.02. The molecule has 6 nitrogen and oxygen atoms in total. The van der Waals surface area contributed by atoms with Crippen molar-refractivity contribution in [1.82, 2.24) is 5.32 Å². The molecular weight excluding hydrogens is 318 g/mol. The lowest BCUT2D eigenvalue weighted by molar-refractivity contribution is -0.114. The van der Waals surface area contributed by atoms with E-state index in [1.807, 2.05) is 37.3 Å². The van der Waals surface area contributed by atoms with Gasteiger partial charge in [-0.2, -0.15) is 0 Å². The van der Waals surface area contributed by atoms with Gasteiger partial charge in [0.25, 0.3) is 0 Å². The number of hydrogen-bond donors (Lipinski definition) is 3. The van der Waals surface area contributed by atoms with E-state index in [0.29, 0.717) is 23.7 Å². The van der Waals surface area contributed by atoms with Gasteiger partial charge in [0.1, 0.15) is 5.75 Å². The van der Waals surface area contributed by atoms with E-state index >= 15 is 0 Å². The molecule has 0 aliphatic rings. The van der Waals surface area contributed by atoms with Gasteiger partial charge in [0.2, 0.25) is 5.91 Å². The maximum atomic E-state index is 12.2. The number of amides is 3. The van der Waals surface area contributed by atoms with Crippen LogP contribution < -0.4 is 20.7 Å². The molecule has 3 amide bonds. The van der Waals surface area contributed by atoms with Crippen molar-refractivity contribution < 1.29 is 14.3 Å². The van der Waals surface area contributed by atoms with E-state index in [4.69, 9.17) is 4.74 Å². The van der Waals surface area contributed by atoms with Crippen LogP contribution in [0.2, 0.25) is 0 Å². The molecule has 1 atom stereocenters. The fraction of sp³-hybridized carbons (Fsp3) is 0.263. The highest BCUT2D eigenvalue weighted by Gasteiger charge is 2.11. The first-order chi connectivity index (χ1) is 12.0. The van der Waals surface area contributed by atoms with Crippen LogP contribution in [-0.4, -0.2) is 25.6 Å². The minimum atomic E-state index is -0.332. The Morgan fingerprint density at radius 3 is 2.44 bits per heavy atom. The Kier molecular flexibility index (Phi) is 6.39. The third-order valence-corrected chi connectivity index (χ3v) is 3.71. The van der Waals surface area contributed by atoms with E-state index in [1.165, 1.54) is 14.0 Å². The first-order valence-electron chi connectivity index (χ1n) is 8.05. The standard InChI is InChI=1S/C19H23N3O3/c1-13(15-7-5-4-6-8-15)12-20-19(24)22-17-11-16(21-14(2)23)9-10-18(17)25-3/h4-11,13H,12H2,1-3H3,(H,21,23)(H2,20,22,24)/t13-/m1/s1. The van der Waals surface area contributed by atoms with Crippen molar-refractivity contribution in [2.75, 3.05) is 24.3 Å². The van der Waals surface area contributed by atoms with Crippen LogP contribution in [0.15, 0.2) is 48.5 Å². The lowest BCUT2D eigenvalue weighted by Crippen LogP contribution is -2.31. The summed E-state index contributed by atoms with van der Waals surface area (Å²) >= 11 is 0. The van der Waals surface area contributed by atoms with Crippen LogP contribution in [-0.2, 0) is 4.79 Å². The van der Waals surface area contributed by atoms with Gasteiger partial charge in [0.05, 0.1) is 12.8 Å². The van der Waals surface area contributed by atoms with E-state index in [9.17, 15) is 9.59 Å². The second-order valence-electron chi connectivity index (χ2n) is 5.74. The number of urea groups is 1. The summed E-state index contributed by atoms with van der Waals surface area (Å²) in [7, 11) is 1.52. The molecule has 0 heterocycles. The van der Waals surface area contributed by atoms with Crippen LogP contribution in [0.3, 0.4) is 0 Å². The molecular formula is C19H23N3O3. The van der Waals surface area contributed by atoms with Gasteiger partial charge in [0.15, 0.2) is 0 Å². The van der Waals surface area contributed by atoms with Gasteiger partial charge in [-0.1, -0.05) is 37.3 Å². The first kappa shape index (κ1) is 18.3. The van der Waals surface area contributed by atoms with Crippen molar-refractivity contribution in [3.05, 3.63) is 54.1 Å². The van der Waals surface area contributed by atoms with Crippen LogP contribution in [0.5, 0.6) is 5.75 Å². The summed E-state index contributed by atoms with van der Waals surface area (Å²) in [5.41, 5.74) is 2.23. The predicted molar refractivity (Wildman–Crippen MR) is 99.2 cm³/mol. The molecule has 2 aromatic carbocycles. The number of carbonyl (C=O) groups excluding carboxylic acids is 2. The minimum absolute atomic E-state index is 0.183. The van der Waals surface area contributed by atoms with Gasteiger partial charge in [-0.25, -0.2) is 4.79 Å². The largest absolute Gasteiger partial charge is 0.495 e. The average molecular weight is 341 g/mol. The number of hydrogen-bond acceptors (Lipinski definition) is 3. The number of benzene rings is 2. The summed E-state index contributed by atoms with van der Waals surface area (Å²) in [5, 5.41) is 8.28. The first-order valence-corrected chi connectivity index (χ1v) is 8.05. The summed E-state index contributed by atoms with van der Waals surface area (Å²) in [4.78, 5) is 23.4. The molecule has 25 heavy (non-hydrogen) atoms. The zero-order chi connectivity index (χ0) is 18.2. The molecule has 0 unspecified atom stereocenters. The van der Waals surface area contributed by atoms with Crippen LogP contribution in [0.25, 0.3) is 0 Å². The van der Waals surface area contributed by atoms with Crippen LogP contribution in [0.1, 0.15) is 25.3 Å². The zero-order valence-corrected chi connectivity index (χ0v) is 14.6. The van der Waals surface area contributed by atoms with Crippen molar-refractivity contribution in [2.24, 2.45) is 0 Å². The highest BCUT2D eigenvalue weighted by molar-refractivity contribution is 5.94. The van der Waals surface area contributed by atoms with Gasteiger partial charge in [-0.3, -0.25) is 4.79 Å². The van der Waals surface area contributed by atoms with E-state index in [-0.39, 0.29) is 17.9 Å². The molecule has 132 valence electrons. The van der Waals surface area contributed by atoms with Crippen LogP contribution in [0.4, 0.5) is 16.2 Å².